The first kappa shape index (κ1) is 12.6. The third kappa shape index (κ3) is 3.10. The van der Waals surface area contributed by atoms with Crippen molar-refractivity contribution in [1.29, 1.82) is 5.26 Å². The molecule has 0 saturated carbocycles. The van der Waals surface area contributed by atoms with E-state index in [1.165, 1.54) is 0 Å². The van der Waals surface area contributed by atoms with Crippen molar-refractivity contribution in [3.05, 3.63) is 41.4 Å². The number of rotatable bonds is 4. The first-order chi connectivity index (χ1) is 9.22. The lowest BCUT2D eigenvalue weighted by atomic mass is 10.2. The summed E-state index contributed by atoms with van der Waals surface area (Å²) in [5, 5.41) is 12.8. The predicted molar refractivity (Wildman–Crippen MR) is 70.2 cm³/mol. The summed E-state index contributed by atoms with van der Waals surface area (Å²) in [5.41, 5.74) is 3.69. The summed E-state index contributed by atoms with van der Waals surface area (Å²) in [6.45, 7) is 1.66. The molecule has 19 heavy (non-hydrogen) atoms. The van der Waals surface area contributed by atoms with E-state index in [9.17, 15) is 0 Å². The van der Waals surface area contributed by atoms with Gasteiger partial charge in [-0.25, -0.2) is 10.4 Å². The lowest BCUT2D eigenvalue weighted by molar-refractivity contribution is 0.415. The minimum absolute atomic E-state index is 0.181. The van der Waals surface area contributed by atoms with Crippen LogP contribution in [-0.4, -0.2) is 18.3 Å². The van der Waals surface area contributed by atoms with Crippen LogP contribution in [0.4, 0.5) is 5.88 Å². The standard InChI is InChI=1S/C13H12N4O2/c1-9-16-12(7-14)13(19-9)17-15-8-10-4-3-5-11(6-10)18-2/h3-6,8,17H,1-2H3/b15-8+. The van der Waals surface area contributed by atoms with Gasteiger partial charge >= 0.3 is 0 Å². The quantitative estimate of drug-likeness (QED) is 0.670. The molecule has 6 heteroatoms. The highest BCUT2D eigenvalue weighted by atomic mass is 16.5. The number of nitrogens with zero attached hydrogens (tertiary/aromatic N) is 3. The number of oxazole rings is 1. The minimum Gasteiger partial charge on any atom is -0.497 e. The highest BCUT2D eigenvalue weighted by molar-refractivity contribution is 5.80. The first-order valence-corrected chi connectivity index (χ1v) is 5.53. The van der Waals surface area contributed by atoms with Gasteiger partial charge in [0.2, 0.25) is 5.69 Å². The Bertz CT molecular complexity index is 640. The second kappa shape index (κ2) is 5.69. The Labute approximate surface area is 110 Å². The predicted octanol–water partition coefficient (Wildman–Crippen LogP) is 2.31. The molecular weight excluding hydrogens is 244 g/mol. The number of hydrogen-bond donors (Lipinski definition) is 1. The molecule has 0 radical (unpaired) electrons. The average molecular weight is 256 g/mol. The van der Waals surface area contributed by atoms with E-state index < -0.39 is 0 Å². The number of benzene rings is 1. The number of hydrazone groups is 1. The molecule has 1 aromatic carbocycles. The SMILES string of the molecule is COc1cccc(/C=N/Nc2oc(C)nc2C#N)c1. The number of methoxy groups -OCH3 is 1. The van der Waals surface area contributed by atoms with Crippen LogP contribution in [0.15, 0.2) is 33.8 Å². The molecule has 0 spiro atoms. The monoisotopic (exact) mass is 256 g/mol. The van der Waals surface area contributed by atoms with Crippen molar-refractivity contribution in [2.24, 2.45) is 5.10 Å². The van der Waals surface area contributed by atoms with Gasteiger partial charge in [0.1, 0.15) is 11.8 Å². The molecule has 96 valence electrons. The van der Waals surface area contributed by atoms with Crippen LogP contribution >= 0.6 is 0 Å². The zero-order chi connectivity index (χ0) is 13.7. The highest BCUT2D eigenvalue weighted by Gasteiger charge is 2.08. The number of ether oxygens (including phenoxy) is 1. The fraction of sp³-hybridized carbons (Fsp3) is 0.154. The normalized spacial score (nSPS) is 10.4. The molecule has 6 nitrogen and oxygen atoms in total. The number of nitriles is 1. The molecular formula is C13H12N4O2. The van der Waals surface area contributed by atoms with Gasteiger partial charge in [0, 0.05) is 6.92 Å². The van der Waals surface area contributed by atoms with Crippen LogP contribution in [0.25, 0.3) is 0 Å². The zero-order valence-corrected chi connectivity index (χ0v) is 10.5. The van der Waals surface area contributed by atoms with Gasteiger partial charge in [0.25, 0.3) is 5.88 Å². The van der Waals surface area contributed by atoms with Crippen molar-refractivity contribution in [2.45, 2.75) is 6.92 Å². The van der Waals surface area contributed by atoms with E-state index in [2.05, 4.69) is 15.5 Å². The maximum absolute atomic E-state index is 8.84. The van der Waals surface area contributed by atoms with Crippen LogP contribution in [0.2, 0.25) is 0 Å². The van der Waals surface area contributed by atoms with Gasteiger partial charge in [0.15, 0.2) is 5.89 Å². The van der Waals surface area contributed by atoms with Crippen molar-refractivity contribution in [3.8, 4) is 11.8 Å². The van der Waals surface area contributed by atoms with Crippen LogP contribution in [0.5, 0.6) is 5.75 Å². The molecule has 0 fully saturated rings. The van der Waals surface area contributed by atoms with Crippen LogP contribution in [0, 0.1) is 18.3 Å². The molecule has 1 N–H and O–H groups in total. The third-order valence-electron chi connectivity index (χ3n) is 2.31. The average Bonchev–Trinajstić information content (AvgIpc) is 2.79. The van der Waals surface area contributed by atoms with E-state index in [0.29, 0.717) is 5.89 Å². The largest absolute Gasteiger partial charge is 0.497 e. The van der Waals surface area contributed by atoms with E-state index in [4.69, 9.17) is 14.4 Å². The summed E-state index contributed by atoms with van der Waals surface area (Å²) in [5.74, 6) is 1.40. The van der Waals surface area contributed by atoms with E-state index in [-0.39, 0.29) is 11.6 Å². The van der Waals surface area contributed by atoms with Gasteiger partial charge in [-0.2, -0.15) is 10.4 Å². The second-order valence-corrected chi connectivity index (χ2v) is 3.67. The highest BCUT2D eigenvalue weighted by Crippen LogP contribution is 2.15. The number of nitrogens with one attached hydrogen (secondary N) is 1. The topological polar surface area (TPSA) is 83.4 Å². The fourth-order valence-corrected chi connectivity index (χ4v) is 1.47. The Morgan fingerprint density at radius 2 is 2.37 bits per heavy atom. The summed E-state index contributed by atoms with van der Waals surface area (Å²) in [6.07, 6.45) is 1.60. The van der Waals surface area contributed by atoms with Gasteiger partial charge in [-0.05, 0) is 17.7 Å². The van der Waals surface area contributed by atoms with E-state index >= 15 is 0 Å². The molecule has 0 atom stereocenters. The smallest absolute Gasteiger partial charge is 0.252 e. The minimum atomic E-state index is 0.181. The van der Waals surface area contributed by atoms with Crippen LogP contribution in [0.3, 0.4) is 0 Å². The molecule has 0 aliphatic rings. The van der Waals surface area contributed by atoms with E-state index in [0.717, 1.165) is 11.3 Å². The van der Waals surface area contributed by atoms with Crippen molar-refractivity contribution in [3.63, 3.8) is 0 Å². The Hall–Kier alpha value is -2.81. The molecule has 0 aliphatic heterocycles. The lowest BCUT2D eigenvalue weighted by Crippen LogP contribution is -1.92. The Kier molecular flexibility index (Phi) is 3.78. The van der Waals surface area contributed by atoms with Gasteiger partial charge < -0.3 is 9.15 Å². The molecule has 2 rings (SSSR count). The number of hydrogen-bond acceptors (Lipinski definition) is 6. The second-order valence-electron chi connectivity index (χ2n) is 3.67. The van der Waals surface area contributed by atoms with Gasteiger partial charge in [0.05, 0.1) is 13.3 Å². The Balaban J connectivity index is 2.09. The maximum Gasteiger partial charge on any atom is 0.252 e. The number of anilines is 1. The lowest BCUT2D eigenvalue weighted by Gasteiger charge is -1.99. The van der Waals surface area contributed by atoms with Gasteiger partial charge in [-0.3, -0.25) is 0 Å². The fourth-order valence-electron chi connectivity index (χ4n) is 1.47. The van der Waals surface area contributed by atoms with Crippen LogP contribution < -0.4 is 10.2 Å². The summed E-state index contributed by atoms with van der Waals surface area (Å²) >= 11 is 0. The molecule has 0 saturated heterocycles. The van der Waals surface area contributed by atoms with Crippen molar-refractivity contribution >= 4 is 12.1 Å². The molecule has 0 amide bonds. The van der Waals surface area contributed by atoms with Crippen molar-refractivity contribution in [2.75, 3.05) is 12.5 Å². The van der Waals surface area contributed by atoms with Gasteiger partial charge in [-0.1, -0.05) is 12.1 Å². The Morgan fingerprint density at radius 1 is 1.53 bits per heavy atom. The van der Waals surface area contributed by atoms with Crippen molar-refractivity contribution < 1.29 is 9.15 Å². The maximum atomic E-state index is 8.84. The number of aromatic nitrogens is 1. The van der Waals surface area contributed by atoms with Crippen LogP contribution in [-0.2, 0) is 0 Å². The number of aryl methyl sites for hydroxylation is 1. The summed E-state index contributed by atoms with van der Waals surface area (Å²) in [4.78, 5) is 3.90. The molecule has 0 unspecified atom stereocenters. The van der Waals surface area contributed by atoms with Gasteiger partial charge in [-0.15, -0.1) is 0 Å². The Morgan fingerprint density at radius 3 is 3.11 bits per heavy atom. The molecule has 1 heterocycles. The molecule has 2 aromatic rings. The van der Waals surface area contributed by atoms with Crippen molar-refractivity contribution in [1.82, 2.24) is 4.98 Å². The molecule has 0 aliphatic carbocycles. The molecule has 1 aromatic heterocycles. The van der Waals surface area contributed by atoms with E-state index in [1.54, 1.807) is 20.2 Å². The summed E-state index contributed by atoms with van der Waals surface area (Å²) < 4.78 is 10.3. The first-order valence-electron chi connectivity index (χ1n) is 5.53. The zero-order valence-electron chi connectivity index (χ0n) is 10.5. The van der Waals surface area contributed by atoms with Crippen LogP contribution in [0.1, 0.15) is 17.1 Å². The third-order valence-corrected chi connectivity index (χ3v) is 2.31. The molecule has 0 bridgehead atoms. The summed E-state index contributed by atoms with van der Waals surface area (Å²) in [6, 6.07) is 9.34. The summed E-state index contributed by atoms with van der Waals surface area (Å²) in [7, 11) is 1.60. The van der Waals surface area contributed by atoms with E-state index in [1.807, 2.05) is 30.3 Å².